The lowest BCUT2D eigenvalue weighted by atomic mass is 9.69. The number of benzene rings is 1. The fraction of sp³-hybridized carbons (Fsp3) is 0.652. The first-order chi connectivity index (χ1) is 12.7. The third-order valence-electron chi connectivity index (χ3n) is 6.54. The topological polar surface area (TPSA) is 50.1 Å². The van der Waals surface area contributed by atoms with E-state index in [1.165, 1.54) is 51.4 Å². The zero-order valence-corrected chi connectivity index (χ0v) is 16.0. The van der Waals surface area contributed by atoms with E-state index < -0.39 is 0 Å². The maximum atomic E-state index is 12.5. The number of rotatable bonds is 5. The highest BCUT2D eigenvalue weighted by Gasteiger charge is 2.33. The van der Waals surface area contributed by atoms with E-state index in [9.17, 15) is 4.79 Å². The SMILES string of the molecule is CCC[C@H]1CC[C@H]([C@H]2CC[C@H](C(=O)Oc3cccc(C#N)c3)CC2)CC1. The van der Waals surface area contributed by atoms with Crippen LogP contribution in [0.1, 0.15) is 76.7 Å². The lowest BCUT2D eigenvalue weighted by molar-refractivity contribution is -0.140. The van der Waals surface area contributed by atoms with E-state index in [1.807, 2.05) is 0 Å². The lowest BCUT2D eigenvalue weighted by Gasteiger charge is -2.37. The molecule has 0 saturated heterocycles. The van der Waals surface area contributed by atoms with Gasteiger partial charge in [-0.25, -0.2) is 0 Å². The standard InChI is InChI=1S/C23H31NO2/c1-2-4-17-7-9-19(10-8-17)20-11-13-21(14-12-20)23(25)26-22-6-3-5-18(15-22)16-24/h3,5-6,15,17,19-21H,2,4,7-14H2,1H3/t17-,19-,20-,21-. The van der Waals surface area contributed by atoms with Crippen molar-refractivity contribution < 1.29 is 9.53 Å². The number of nitriles is 1. The molecule has 3 heteroatoms. The smallest absolute Gasteiger partial charge is 0.314 e. The van der Waals surface area contributed by atoms with Crippen LogP contribution in [0.15, 0.2) is 24.3 Å². The van der Waals surface area contributed by atoms with Gasteiger partial charge in [-0.3, -0.25) is 4.79 Å². The van der Waals surface area contributed by atoms with Gasteiger partial charge in [0.15, 0.2) is 0 Å². The van der Waals surface area contributed by atoms with Gasteiger partial charge in [-0.15, -0.1) is 0 Å². The summed E-state index contributed by atoms with van der Waals surface area (Å²) in [5.74, 6) is 3.05. The molecule has 0 aromatic heterocycles. The van der Waals surface area contributed by atoms with E-state index in [0.717, 1.165) is 30.6 Å². The Morgan fingerprint density at radius 3 is 2.35 bits per heavy atom. The minimum atomic E-state index is -0.120. The fourth-order valence-electron chi connectivity index (χ4n) is 5.01. The molecule has 0 aliphatic heterocycles. The van der Waals surface area contributed by atoms with Crippen molar-refractivity contribution in [3.05, 3.63) is 29.8 Å². The van der Waals surface area contributed by atoms with Crippen molar-refractivity contribution >= 4 is 5.97 Å². The molecule has 0 radical (unpaired) electrons. The molecule has 2 aliphatic carbocycles. The normalized spacial score (nSPS) is 28.9. The van der Waals surface area contributed by atoms with Crippen molar-refractivity contribution in [1.82, 2.24) is 0 Å². The predicted molar refractivity (Wildman–Crippen MR) is 103 cm³/mol. The molecule has 0 heterocycles. The number of esters is 1. The monoisotopic (exact) mass is 353 g/mol. The Morgan fingerprint density at radius 2 is 1.73 bits per heavy atom. The summed E-state index contributed by atoms with van der Waals surface area (Å²) >= 11 is 0. The first kappa shape index (κ1) is 19.0. The van der Waals surface area contributed by atoms with Gasteiger partial charge in [-0.1, -0.05) is 38.7 Å². The molecule has 2 fully saturated rings. The van der Waals surface area contributed by atoms with Crippen molar-refractivity contribution in [1.29, 1.82) is 5.26 Å². The quantitative estimate of drug-likeness (QED) is 0.491. The van der Waals surface area contributed by atoms with Crippen LogP contribution in [0.4, 0.5) is 0 Å². The van der Waals surface area contributed by atoms with Gasteiger partial charge in [0.1, 0.15) is 5.75 Å². The minimum Gasteiger partial charge on any atom is -0.426 e. The van der Waals surface area contributed by atoms with Crippen LogP contribution in [0.2, 0.25) is 0 Å². The predicted octanol–water partition coefficient (Wildman–Crippen LogP) is 5.88. The molecule has 0 N–H and O–H groups in total. The maximum Gasteiger partial charge on any atom is 0.314 e. The number of ether oxygens (including phenoxy) is 1. The first-order valence-corrected chi connectivity index (χ1v) is 10.4. The summed E-state index contributed by atoms with van der Waals surface area (Å²) in [5.41, 5.74) is 0.526. The molecule has 0 spiro atoms. The van der Waals surface area contributed by atoms with Crippen LogP contribution in [0.5, 0.6) is 5.75 Å². The average molecular weight is 354 g/mol. The Hall–Kier alpha value is -1.82. The van der Waals surface area contributed by atoms with Gasteiger partial charge in [0.05, 0.1) is 17.6 Å². The third kappa shape index (κ3) is 4.87. The molecule has 2 saturated carbocycles. The van der Waals surface area contributed by atoms with E-state index in [-0.39, 0.29) is 11.9 Å². The summed E-state index contributed by atoms with van der Waals surface area (Å²) in [7, 11) is 0. The van der Waals surface area contributed by atoms with Crippen molar-refractivity contribution in [2.24, 2.45) is 23.7 Å². The highest BCUT2D eigenvalue weighted by atomic mass is 16.5. The lowest BCUT2D eigenvalue weighted by Crippen LogP contribution is -2.30. The number of carbonyl (C=O) groups is 1. The molecule has 0 unspecified atom stereocenters. The molecular formula is C23H31NO2. The molecule has 2 aliphatic rings. The van der Waals surface area contributed by atoms with Gasteiger partial charge in [0, 0.05) is 0 Å². The summed E-state index contributed by atoms with van der Waals surface area (Å²) in [6.07, 6.45) is 12.6. The van der Waals surface area contributed by atoms with Crippen molar-refractivity contribution in [3.63, 3.8) is 0 Å². The average Bonchev–Trinajstić information content (AvgIpc) is 2.69. The van der Waals surface area contributed by atoms with Crippen LogP contribution >= 0.6 is 0 Å². The van der Waals surface area contributed by atoms with E-state index in [2.05, 4.69) is 13.0 Å². The van der Waals surface area contributed by atoms with E-state index in [1.54, 1.807) is 24.3 Å². The summed E-state index contributed by atoms with van der Waals surface area (Å²) < 4.78 is 5.53. The van der Waals surface area contributed by atoms with Crippen molar-refractivity contribution in [2.45, 2.75) is 71.1 Å². The largest absolute Gasteiger partial charge is 0.426 e. The minimum absolute atomic E-state index is 0.0217. The van der Waals surface area contributed by atoms with E-state index >= 15 is 0 Å². The van der Waals surface area contributed by atoms with E-state index in [0.29, 0.717) is 11.3 Å². The van der Waals surface area contributed by atoms with Gasteiger partial charge < -0.3 is 4.74 Å². The second-order valence-electron chi connectivity index (χ2n) is 8.24. The Balaban J connectivity index is 1.45. The van der Waals surface area contributed by atoms with E-state index in [4.69, 9.17) is 10.00 Å². The van der Waals surface area contributed by atoms with Crippen molar-refractivity contribution in [2.75, 3.05) is 0 Å². The zero-order valence-electron chi connectivity index (χ0n) is 16.0. The molecule has 3 nitrogen and oxygen atoms in total. The molecule has 140 valence electrons. The molecule has 3 rings (SSSR count). The third-order valence-corrected chi connectivity index (χ3v) is 6.54. The Kier molecular flexibility index (Phi) is 6.72. The number of hydrogen-bond donors (Lipinski definition) is 0. The molecule has 0 amide bonds. The molecule has 0 atom stereocenters. The number of nitrogens with zero attached hydrogens (tertiary/aromatic N) is 1. The molecule has 1 aromatic carbocycles. The van der Waals surface area contributed by atoms with Crippen LogP contribution in [0, 0.1) is 35.0 Å². The summed E-state index contributed by atoms with van der Waals surface area (Å²) in [6, 6.07) is 8.95. The van der Waals surface area contributed by atoms with Crippen LogP contribution < -0.4 is 4.74 Å². The molecular weight excluding hydrogens is 322 g/mol. The van der Waals surface area contributed by atoms with Crippen LogP contribution in [0.25, 0.3) is 0 Å². The maximum absolute atomic E-state index is 12.5. The van der Waals surface area contributed by atoms with Gasteiger partial charge in [-0.05, 0) is 74.5 Å². The summed E-state index contributed by atoms with van der Waals surface area (Å²) in [6.45, 7) is 2.29. The highest BCUT2D eigenvalue weighted by Crippen LogP contribution is 2.42. The second-order valence-corrected chi connectivity index (χ2v) is 8.24. The molecule has 26 heavy (non-hydrogen) atoms. The number of carbonyl (C=O) groups excluding carboxylic acids is 1. The van der Waals surface area contributed by atoms with Gasteiger partial charge in [0.2, 0.25) is 0 Å². The zero-order chi connectivity index (χ0) is 18.4. The van der Waals surface area contributed by atoms with Crippen LogP contribution in [0.3, 0.4) is 0 Å². The molecule has 0 bridgehead atoms. The summed E-state index contributed by atoms with van der Waals surface area (Å²) in [5, 5.41) is 8.95. The summed E-state index contributed by atoms with van der Waals surface area (Å²) in [4.78, 5) is 12.5. The highest BCUT2D eigenvalue weighted by molar-refractivity contribution is 5.75. The second kappa shape index (κ2) is 9.21. The van der Waals surface area contributed by atoms with Crippen LogP contribution in [-0.2, 0) is 4.79 Å². The van der Waals surface area contributed by atoms with Gasteiger partial charge >= 0.3 is 5.97 Å². The first-order valence-electron chi connectivity index (χ1n) is 10.4. The van der Waals surface area contributed by atoms with Crippen molar-refractivity contribution in [3.8, 4) is 11.8 Å². The fourth-order valence-corrected chi connectivity index (χ4v) is 5.01. The van der Waals surface area contributed by atoms with Gasteiger partial charge in [0.25, 0.3) is 0 Å². The Bertz CT molecular complexity index is 632. The Labute approximate surface area is 157 Å². The van der Waals surface area contributed by atoms with Crippen LogP contribution in [-0.4, -0.2) is 5.97 Å². The number of hydrogen-bond acceptors (Lipinski definition) is 3. The van der Waals surface area contributed by atoms with Gasteiger partial charge in [-0.2, -0.15) is 5.26 Å². The molecule has 1 aromatic rings. The Morgan fingerprint density at radius 1 is 1.08 bits per heavy atom.